The summed E-state index contributed by atoms with van der Waals surface area (Å²) in [5.74, 6) is -0.278. The van der Waals surface area contributed by atoms with Crippen molar-refractivity contribution in [1.82, 2.24) is 10.4 Å². The Morgan fingerprint density at radius 3 is 3.00 bits per heavy atom. The molecular weight excluding hydrogens is 314 g/mol. The van der Waals surface area contributed by atoms with Crippen LogP contribution < -0.4 is 5.43 Å². The van der Waals surface area contributed by atoms with Gasteiger partial charge in [-0.25, -0.2) is 5.43 Å². The smallest absolute Gasteiger partial charge is 0.267 e. The number of carbonyl (C=O) groups is 1. The van der Waals surface area contributed by atoms with Gasteiger partial charge in [0.15, 0.2) is 0 Å². The van der Waals surface area contributed by atoms with Crippen molar-refractivity contribution in [3.63, 3.8) is 0 Å². The largest absolute Gasteiger partial charge is 0.272 e. The molecule has 92 valence electrons. The van der Waals surface area contributed by atoms with Gasteiger partial charge in [-0.2, -0.15) is 5.10 Å². The molecule has 0 aliphatic rings. The molecule has 2 rings (SSSR count). The molecule has 0 saturated heterocycles. The van der Waals surface area contributed by atoms with Crippen molar-refractivity contribution in [2.45, 2.75) is 6.92 Å². The highest BCUT2D eigenvalue weighted by molar-refractivity contribution is 9.10. The minimum absolute atomic E-state index is 0.278. The van der Waals surface area contributed by atoms with Crippen molar-refractivity contribution < 1.29 is 4.79 Å². The molecular formula is C12H10BrN3OS. The first-order chi connectivity index (χ1) is 8.66. The van der Waals surface area contributed by atoms with Crippen molar-refractivity contribution in [2.75, 3.05) is 0 Å². The number of carbonyl (C=O) groups excluding carboxylic acids is 1. The molecule has 1 amide bonds. The van der Waals surface area contributed by atoms with Gasteiger partial charge >= 0.3 is 0 Å². The molecule has 1 N–H and O–H groups in total. The first kappa shape index (κ1) is 12.9. The van der Waals surface area contributed by atoms with E-state index < -0.39 is 0 Å². The summed E-state index contributed by atoms with van der Waals surface area (Å²) in [4.78, 5) is 16.8. The Labute approximate surface area is 117 Å². The average molecular weight is 324 g/mol. The molecule has 0 aromatic carbocycles. The number of halogens is 1. The summed E-state index contributed by atoms with van der Waals surface area (Å²) < 4.78 is 0.758. The first-order valence-electron chi connectivity index (χ1n) is 5.16. The second kappa shape index (κ2) is 5.88. The summed E-state index contributed by atoms with van der Waals surface area (Å²) >= 11 is 4.84. The van der Waals surface area contributed by atoms with E-state index in [-0.39, 0.29) is 5.91 Å². The maximum atomic E-state index is 11.8. The van der Waals surface area contributed by atoms with Gasteiger partial charge in [0.1, 0.15) is 0 Å². The Hall–Kier alpha value is -1.53. The maximum Gasteiger partial charge on any atom is 0.272 e. The van der Waals surface area contributed by atoms with E-state index in [9.17, 15) is 4.79 Å². The zero-order valence-corrected chi connectivity index (χ0v) is 12.0. The van der Waals surface area contributed by atoms with E-state index in [2.05, 4.69) is 31.4 Å². The van der Waals surface area contributed by atoms with Crippen molar-refractivity contribution in [1.29, 1.82) is 0 Å². The molecule has 0 saturated carbocycles. The molecule has 0 radical (unpaired) electrons. The van der Waals surface area contributed by atoms with E-state index in [1.54, 1.807) is 23.6 Å². The molecule has 0 unspecified atom stereocenters. The SMILES string of the molecule is C/C(=N/NC(=O)c1cncc(Br)c1)c1cccs1. The first-order valence-corrected chi connectivity index (χ1v) is 6.83. The van der Waals surface area contributed by atoms with Crippen molar-refractivity contribution >= 4 is 38.9 Å². The summed E-state index contributed by atoms with van der Waals surface area (Å²) in [6.45, 7) is 1.85. The van der Waals surface area contributed by atoms with Gasteiger partial charge in [-0.1, -0.05) is 6.07 Å². The molecule has 4 nitrogen and oxygen atoms in total. The van der Waals surface area contributed by atoms with Gasteiger partial charge in [0.05, 0.1) is 11.3 Å². The highest BCUT2D eigenvalue weighted by atomic mass is 79.9. The van der Waals surface area contributed by atoms with Crippen LogP contribution >= 0.6 is 27.3 Å². The average Bonchev–Trinajstić information content (AvgIpc) is 2.89. The highest BCUT2D eigenvalue weighted by Gasteiger charge is 2.06. The van der Waals surface area contributed by atoms with E-state index in [1.807, 2.05) is 24.4 Å². The molecule has 2 aromatic rings. The number of amides is 1. The molecule has 2 aromatic heterocycles. The Bertz CT molecular complexity index is 581. The van der Waals surface area contributed by atoms with Crippen molar-refractivity contribution in [3.8, 4) is 0 Å². The zero-order valence-electron chi connectivity index (χ0n) is 9.55. The Balaban J connectivity index is 2.07. The van der Waals surface area contributed by atoms with E-state index in [0.717, 1.165) is 15.1 Å². The quantitative estimate of drug-likeness (QED) is 0.697. The Morgan fingerprint density at radius 2 is 2.33 bits per heavy atom. The van der Waals surface area contributed by atoms with Gasteiger partial charge in [-0.15, -0.1) is 11.3 Å². The summed E-state index contributed by atoms with van der Waals surface area (Å²) in [5.41, 5.74) is 3.75. The third-order valence-electron chi connectivity index (χ3n) is 2.17. The molecule has 0 spiro atoms. The standard InChI is InChI=1S/C12H10BrN3OS/c1-8(11-3-2-4-18-11)15-16-12(17)9-5-10(13)7-14-6-9/h2-7H,1H3,(H,16,17)/b15-8-. The highest BCUT2D eigenvalue weighted by Crippen LogP contribution is 2.10. The van der Waals surface area contributed by atoms with Gasteiger partial charge in [0.25, 0.3) is 5.91 Å². The minimum Gasteiger partial charge on any atom is -0.267 e. The molecule has 0 atom stereocenters. The Morgan fingerprint density at radius 1 is 1.50 bits per heavy atom. The van der Waals surface area contributed by atoms with Crippen LogP contribution in [0.2, 0.25) is 0 Å². The molecule has 18 heavy (non-hydrogen) atoms. The lowest BCUT2D eigenvalue weighted by atomic mass is 10.3. The van der Waals surface area contributed by atoms with E-state index >= 15 is 0 Å². The fourth-order valence-electron chi connectivity index (χ4n) is 1.27. The number of aromatic nitrogens is 1. The maximum absolute atomic E-state index is 11.8. The number of hydrogen-bond acceptors (Lipinski definition) is 4. The lowest BCUT2D eigenvalue weighted by molar-refractivity contribution is 0.0954. The molecule has 2 heterocycles. The molecule has 6 heteroatoms. The van der Waals surface area contributed by atoms with Crippen molar-refractivity contribution in [2.24, 2.45) is 5.10 Å². The van der Waals surface area contributed by atoms with Crippen LogP contribution in [0.4, 0.5) is 0 Å². The lowest BCUT2D eigenvalue weighted by Gasteiger charge is -2.01. The van der Waals surface area contributed by atoms with Gasteiger partial charge in [-0.05, 0) is 40.4 Å². The molecule has 0 bridgehead atoms. The van der Waals surface area contributed by atoms with Crippen LogP contribution in [0.1, 0.15) is 22.2 Å². The second-order valence-electron chi connectivity index (χ2n) is 3.51. The number of hydrogen-bond donors (Lipinski definition) is 1. The zero-order chi connectivity index (χ0) is 13.0. The van der Waals surface area contributed by atoms with Gasteiger partial charge < -0.3 is 0 Å². The predicted octanol–water partition coefficient (Wildman–Crippen LogP) is 3.06. The van der Waals surface area contributed by atoms with Crippen LogP contribution in [-0.4, -0.2) is 16.6 Å². The third kappa shape index (κ3) is 3.24. The number of pyridine rings is 1. The number of hydrazone groups is 1. The third-order valence-corrected chi connectivity index (χ3v) is 3.58. The fraction of sp³-hybridized carbons (Fsp3) is 0.0833. The molecule has 0 fully saturated rings. The van der Waals surface area contributed by atoms with Crippen LogP contribution in [0.25, 0.3) is 0 Å². The lowest BCUT2D eigenvalue weighted by Crippen LogP contribution is -2.19. The van der Waals surface area contributed by atoms with Crippen LogP contribution in [0, 0.1) is 0 Å². The second-order valence-corrected chi connectivity index (χ2v) is 5.37. The van der Waals surface area contributed by atoms with Crippen LogP contribution in [0.15, 0.2) is 45.5 Å². The van der Waals surface area contributed by atoms with E-state index in [1.165, 1.54) is 6.20 Å². The molecule has 0 aliphatic heterocycles. The Kier molecular flexibility index (Phi) is 4.22. The topological polar surface area (TPSA) is 54.4 Å². The monoisotopic (exact) mass is 323 g/mol. The van der Waals surface area contributed by atoms with Crippen molar-refractivity contribution in [3.05, 3.63) is 50.9 Å². The summed E-state index contributed by atoms with van der Waals surface area (Å²) in [6, 6.07) is 5.59. The van der Waals surface area contributed by atoms with Gasteiger partial charge in [0, 0.05) is 21.7 Å². The van der Waals surface area contributed by atoms with Gasteiger partial charge in [-0.3, -0.25) is 9.78 Å². The minimum atomic E-state index is -0.278. The number of thiophene rings is 1. The summed E-state index contributed by atoms with van der Waals surface area (Å²) in [7, 11) is 0. The van der Waals surface area contributed by atoms with Crippen LogP contribution in [-0.2, 0) is 0 Å². The van der Waals surface area contributed by atoms with Crippen LogP contribution in [0.3, 0.4) is 0 Å². The fourth-order valence-corrected chi connectivity index (χ4v) is 2.32. The number of nitrogens with one attached hydrogen (secondary N) is 1. The van der Waals surface area contributed by atoms with E-state index in [0.29, 0.717) is 5.56 Å². The number of rotatable bonds is 3. The number of nitrogens with zero attached hydrogens (tertiary/aromatic N) is 2. The van der Waals surface area contributed by atoms with Crippen LogP contribution in [0.5, 0.6) is 0 Å². The molecule has 0 aliphatic carbocycles. The van der Waals surface area contributed by atoms with Gasteiger partial charge in [0.2, 0.25) is 0 Å². The normalized spacial score (nSPS) is 11.3. The summed E-state index contributed by atoms with van der Waals surface area (Å²) in [5, 5.41) is 6.02. The predicted molar refractivity (Wildman–Crippen MR) is 75.9 cm³/mol. The van der Waals surface area contributed by atoms with E-state index in [4.69, 9.17) is 0 Å². The summed E-state index contributed by atoms with van der Waals surface area (Å²) in [6.07, 6.45) is 3.12.